The Bertz CT molecular complexity index is 274. The van der Waals surface area contributed by atoms with Crippen LogP contribution in [0.15, 0.2) is 24.3 Å². The van der Waals surface area contributed by atoms with Crippen molar-refractivity contribution in [3.8, 4) is 0 Å². The van der Waals surface area contributed by atoms with Crippen molar-refractivity contribution in [2.75, 3.05) is 0 Å². The van der Waals surface area contributed by atoms with Crippen molar-refractivity contribution < 1.29 is 0 Å². The maximum atomic E-state index is 5.57. The molecule has 0 amide bonds. The number of benzene rings is 1. The van der Waals surface area contributed by atoms with E-state index in [1.54, 1.807) is 5.92 Å². The van der Waals surface area contributed by atoms with Gasteiger partial charge < -0.3 is 5.73 Å². The Kier molecular flexibility index (Phi) is 6.17. The van der Waals surface area contributed by atoms with Gasteiger partial charge in [0, 0.05) is 6.54 Å². The highest BCUT2D eigenvalue weighted by Gasteiger charge is 1.96. The zero-order valence-corrected chi connectivity index (χ0v) is 10.6. The molecule has 1 heteroatoms. The van der Waals surface area contributed by atoms with E-state index in [4.69, 9.17) is 5.73 Å². The molecule has 0 aliphatic carbocycles. The average molecular weight is 218 g/mol. The number of nitrogens with two attached hydrogens (primary N) is 1. The monoisotopic (exact) mass is 218 g/mol. The van der Waals surface area contributed by atoms with Crippen LogP contribution in [-0.4, -0.2) is 0 Å². The topological polar surface area (TPSA) is 26.0 Å². The van der Waals surface area contributed by atoms with Gasteiger partial charge in [-0.2, -0.15) is 0 Å². The fourth-order valence-electron chi connectivity index (χ4n) is 1.83. The van der Waals surface area contributed by atoms with Crippen LogP contribution in [0.5, 0.6) is 0 Å². The fourth-order valence-corrected chi connectivity index (χ4v) is 1.83. The third-order valence-electron chi connectivity index (χ3n) is 2.90. The largest absolute Gasteiger partial charge is 0.326 e. The molecule has 1 aromatic rings. The normalized spacial score (nSPS) is 11.0. The summed E-state index contributed by atoms with van der Waals surface area (Å²) in [5.74, 6) is 1.55. The highest BCUT2D eigenvalue weighted by Crippen LogP contribution is 2.12. The number of hydrogen-bond acceptors (Lipinski definition) is 1. The molecule has 1 rings (SSSR count). The molecule has 0 heterocycles. The van der Waals surface area contributed by atoms with E-state index in [0.717, 1.165) is 0 Å². The first-order valence-corrected chi connectivity index (χ1v) is 6.29. The molecule has 2 N–H and O–H groups in total. The van der Waals surface area contributed by atoms with Crippen LogP contribution in [-0.2, 0) is 13.0 Å². The van der Waals surface area contributed by atoms with Gasteiger partial charge in [-0.15, -0.1) is 0 Å². The van der Waals surface area contributed by atoms with E-state index in [9.17, 15) is 0 Å². The van der Waals surface area contributed by atoms with Crippen LogP contribution in [0, 0.1) is 5.92 Å². The van der Waals surface area contributed by atoms with Crippen LogP contribution in [0.1, 0.15) is 50.7 Å². The summed E-state index contributed by atoms with van der Waals surface area (Å²) in [7, 11) is 0. The van der Waals surface area contributed by atoms with Gasteiger partial charge >= 0.3 is 0 Å². The second kappa shape index (κ2) is 7.45. The highest BCUT2D eigenvalue weighted by molar-refractivity contribution is 5.22. The van der Waals surface area contributed by atoms with E-state index in [2.05, 4.69) is 38.1 Å². The lowest BCUT2D eigenvalue weighted by molar-refractivity contribution is 0.649. The molecule has 16 heavy (non-hydrogen) atoms. The molecule has 0 unspecified atom stereocenters. The summed E-state index contributed by atoms with van der Waals surface area (Å²) in [6.45, 7) is 5.07. The molecule has 0 saturated heterocycles. The van der Waals surface area contributed by atoms with E-state index in [1.807, 2.05) is 0 Å². The maximum absolute atomic E-state index is 5.57. The van der Waals surface area contributed by atoms with Gasteiger partial charge in [0.25, 0.3) is 0 Å². The van der Waals surface area contributed by atoms with Gasteiger partial charge in [0.15, 0.2) is 0 Å². The zero-order valence-electron chi connectivity index (χ0n) is 10.6. The molecule has 0 aromatic heterocycles. The second-order valence-corrected chi connectivity index (χ2v) is 4.79. The van der Waals surface area contributed by atoms with Crippen LogP contribution in [0.2, 0.25) is 0 Å². The van der Waals surface area contributed by atoms with Gasteiger partial charge in [-0.05, 0) is 36.3 Å². The van der Waals surface area contributed by atoms with E-state index in [-0.39, 0.29) is 0 Å². The Labute approximate surface area is 100 Å². The van der Waals surface area contributed by atoms with Crippen LogP contribution >= 0.6 is 0 Å². The smallest absolute Gasteiger partial charge is 0.0178 e. The first-order chi connectivity index (χ1) is 7.72. The number of aryl methyl sites for hydroxylation is 1. The van der Waals surface area contributed by atoms with E-state index >= 15 is 0 Å². The SMILES string of the molecule is C[C](C)CCCCCc1ccc(CN)cc1. The Morgan fingerprint density at radius 2 is 1.56 bits per heavy atom. The van der Waals surface area contributed by atoms with Crippen LogP contribution in [0.25, 0.3) is 0 Å². The molecule has 0 spiro atoms. The quantitative estimate of drug-likeness (QED) is 0.691. The molecule has 0 atom stereocenters. The zero-order chi connectivity index (χ0) is 11.8. The van der Waals surface area contributed by atoms with Crippen molar-refractivity contribution >= 4 is 0 Å². The Balaban J connectivity index is 2.16. The second-order valence-electron chi connectivity index (χ2n) is 4.79. The predicted molar refractivity (Wildman–Crippen MR) is 71.1 cm³/mol. The minimum atomic E-state index is 0.645. The van der Waals surface area contributed by atoms with Gasteiger partial charge in [0.2, 0.25) is 0 Å². The molecular formula is C15H24N. The minimum absolute atomic E-state index is 0.645. The lowest BCUT2D eigenvalue weighted by Gasteiger charge is -2.05. The standard InChI is InChI=1S/C15H24N/c1-13(2)6-4-3-5-7-14-8-10-15(12-16)11-9-14/h8-11H,3-7,12,16H2,1-2H3. The van der Waals surface area contributed by atoms with Gasteiger partial charge in [0.05, 0.1) is 0 Å². The molecule has 0 saturated carbocycles. The Morgan fingerprint density at radius 3 is 2.12 bits per heavy atom. The van der Waals surface area contributed by atoms with Crippen molar-refractivity contribution in [1.29, 1.82) is 0 Å². The summed E-state index contributed by atoms with van der Waals surface area (Å²) in [6, 6.07) is 8.69. The van der Waals surface area contributed by atoms with Crippen LogP contribution in [0.3, 0.4) is 0 Å². The van der Waals surface area contributed by atoms with E-state index in [1.165, 1.54) is 43.2 Å². The van der Waals surface area contributed by atoms with E-state index < -0.39 is 0 Å². The maximum Gasteiger partial charge on any atom is 0.0178 e. The number of rotatable bonds is 7. The lowest BCUT2D eigenvalue weighted by atomic mass is 10.0. The first-order valence-electron chi connectivity index (χ1n) is 6.29. The first kappa shape index (κ1) is 13.2. The molecule has 0 aliphatic heterocycles. The van der Waals surface area contributed by atoms with Gasteiger partial charge in [0.1, 0.15) is 0 Å². The van der Waals surface area contributed by atoms with Crippen molar-refractivity contribution in [2.45, 2.75) is 52.5 Å². The van der Waals surface area contributed by atoms with E-state index in [0.29, 0.717) is 6.54 Å². The van der Waals surface area contributed by atoms with Crippen molar-refractivity contribution in [1.82, 2.24) is 0 Å². The summed E-state index contributed by atoms with van der Waals surface area (Å²) in [5, 5.41) is 0. The molecule has 0 fully saturated rings. The molecule has 0 bridgehead atoms. The third kappa shape index (κ3) is 5.32. The summed E-state index contributed by atoms with van der Waals surface area (Å²) in [6.07, 6.45) is 6.46. The van der Waals surface area contributed by atoms with Crippen LogP contribution in [0.4, 0.5) is 0 Å². The van der Waals surface area contributed by atoms with Gasteiger partial charge in [-0.25, -0.2) is 0 Å². The summed E-state index contributed by atoms with van der Waals surface area (Å²) in [5.41, 5.74) is 8.23. The summed E-state index contributed by atoms with van der Waals surface area (Å²) < 4.78 is 0. The minimum Gasteiger partial charge on any atom is -0.326 e. The molecule has 1 aromatic carbocycles. The number of hydrogen-bond donors (Lipinski definition) is 1. The predicted octanol–water partition coefficient (Wildman–Crippen LogP) is 3.86. The average Bonchev–Trinajstić information content (AvgIpc) is 2.29. The van der Waals surface area contributed by atoms with Crippen LogP contribution < -0.4 is 5.73 Å². The van der Waals surface area contributed by atoms with Crippen molar-refractivity contribution in [3.05, 3.63) is 41.3 Å². The Morgan fingerprint density at radius 1 is 0.938 bits per heavy atom. The lowest BCUT2D eigenvalue weighted by Crippen LogP contribution is -1.96. The summed E-state index contributed by atoms with van der Waals surface area (Å²) in [4.78, 5) is 0. The van der Waals surface area contributed by atoms with Crippen molar-refractivity contribution in [3.63, 3.8) is 0 Å². The fraction of sp³-hybridized carbons (Fsp3) is 0.533. The molecule has 0 aliphatic rings. The van der Waals surface area contributed by atoms with Gasteiger partial charge in [-0.1, -0.05) is 51.0 Å². The summed E-state index contributed by atoms with van der Waals surface area (Å²) >= 11 is 0. The molecular weight excluding hydrogens is 194 g/mol. The molecule has 1 radical (unpaired) electrons. The molecule has 89 valence electrons. The Hall–Kier alpha value is -0.820. The highest BCUT2D eigenvalue weighted by atomic mass is 14.5. The van der Waals surface area contributed by atoms with Crippen molar-refractivity contribution in [2.24, 2.45) is 5.73 Å². The number of unbranched alkanes of at least 4 members (excludes halogenated alkanes) is 2. The van der Waals surface area contributed by atoms with Gasteiger partial charge in [-0.3, -0.25) is 0 Å². The molecule has 1 nitrogen and oxygen atoms in total. The third-order valence-corrected chi connectivity index (χ3v) is 2.90.